The Balaban J connectivity index is 1.45. The number of tetrazole rings is 1. The van der Waals surface area contributed by atoms with Gasteiger partial charge in [-0.2, -0.15) is 5.21 Å². The standard InChI is InChI=1S/C29H30N8/c1-16-15-17(2)30-29-26(16)31-28(21-9-10-21)37(29)23-13-14-25-22(18(23)3)12-11-20-7-5-6-8-24(20)36(25)19(4)27-32-34-35-33-27/h5-8,13-15,19,21H,9-12H2,1-4H3,(H,32,33,34,35). The molecule has 0 saturated heterocycles. The number of H-pyrrole nitrogens is 1. The molecule has 0 spiro atoms. The first-order chi connectivity index (χ1) is 18.0. The monoisotopic (exact) mass is 490 g/mol. The van der Waals surface area contributed by atoms with Crippen molar-refractivity contribution < 1.29 is 0 Å². The Hall–Kier alpha value is -4.07. The summed E-state index contributed by atoms with van der Waals surface area (Å²) in [5, 5.41) is 15.1. The van der Waals surface area contributed by atoms with Gasteiger partial charge in [0.05, 0.1) is 11.7 Å². The lowest BCUT2D eigenvalue weighted by molar-refractivity contribution is 0.711. The lowest BCUT2D eigenvalue weighted by Crippen LogP contribution is -2.24. The van der Waals surface area contributed by atoms with Crippen LogP contribution in [0.3, 0.4) is 0 Å². The summed E-state index contributed by atoms with van der Waals surface area (Å²) in [6.45, 7) is 8.61. The van der Waals surface area contributed by atoms with E-state index in [0.29, 0.717) is 11.7 Å². The molecule has 1 fully saturated rings. The minimum atomic E-state index is -0.0786. The van der Waals surface area contributed by atoms with E-state index in [1.807, 2.05) is 0 Å². The fraction of sp³-hybridized carbons (Fsp3) is 0.345. The van der Waals surface area contributed by atoms with Crippen LogP contribution in [0.2, 0.25) is 0 Å². The van der Waals surface area contributed by atoms with Crippen LogP contribution in [0.15, 0.2) is 42.5 Å². The Morgan fingerprint density at radius 2 is 1.76 bits per heavy atom. The summed E-state index contributed by atoms with van der Waals surface area (Å²) in [5.74, 6) is 2.33. The molecule has 2 aromatic carbocycles. The van der Waals surface area contributed by atoms with E-state index in [0.717, 1.165) is 35.5 Å². The number of aromatic nitrogens is 7. The van der Waals surface area contributed by atoms with E-state index in [-0.39, 0.29) is 6.04 Å². The number of benzene rings is 2. The van der Waals surface area contributed by atoms with E-state index in [9.17, 15) is 0 Å². The van der Waals surface area contributed by atoms with Crippen molar-refractivity contribution in [1.29, 1.82) is 0 Å². The number of para-hydroxylation sites is 1. The lowest BCUT2D eigenvalue weighted by Gasteiger charge is -2.32. The Morgan fingerprint density at radius 3 is 2.54 bits per heavy atom. The number of aromatic amines is 1. The molecule has 186 valence electrons. The van der Waals surface area contributed by atoms with Gasteiger partial charge in [-0.1, -0.05) is 23.4 Å². The highest BCUT2D eigenvalue weighted by Crippen LogP contribution is 2.46. The molecule has 1 unspecified atom stereocenters. The molecule has 5 aromatic rings. The smallest absolute Gasteiger partial charge is 0.196 e. The van der Waals surface area contributed by atoms with E-state index in [4.69, 9.17) is 9.97 Å². The number of pyridine rings is 1. The second-order valence-corrected chi connectivity index (χ2v) is 10.5. The molecule has 0 radical (unpaired) electrons. The number of anilines is 2. The van der Waals surface area contributed by atoms with Crippen LogP contribution in [0.5, 0.6) is 0 Å². The van der Waals surface area contributed by atoms with Gasteiger partial charge in [0.1, 0.15) is 11.3 Å². The zero-order valence-corrected chi connectivity index (χ0v) is 21.7. The first-order valence-electron chi connectivity index (χ1n) is 13.1. The zero-order chi connectivity index (χ0) is 25.3. The van der Waals surface area contributed by atoms with Crippen molar-refractivity contribution in [2.45, 2.75) is 65.3 Å². The van der Waals surface area contributed by atoms with Gasteiger partial charge in [-0.3, -0.25) is 4.57 Å². The first-order valence-corrected chi connectivity index (χ1v) is 13.1. The van der Waals surface area contributed by atoms with Crippen molar-refractivity contribution in [1.82, 2.24) is 35.2 Å². The summed E-state index contributed by atoms with van der Waals surface area (Å²) >= 11 is 0. The Bertz CT molecular complexity index is 1640. The van der Waals surface area contributed by atoms with Crippen LogP contribution in [-0.4, -0.2) is 35.2 Å². The summed E-state index contributed by atoms with van der Waals surface area (Å²) in [4.78, 5) is 12.5. The van der Waals surface area contributed by atoms with Crippen molar-refractivity contribution in [3.63, 3.8) is 0 Å². The molecular weight excluding hydrogens is 460 g/mol. The van der Waals surface area contributed by atoms with E-state index < -0.39 is 0 Å². The van der Waals surface area contributed by atoms with Crippen LogP contribution >= 0.6 is 0 Å². The van der Waals surface area contributed by atoms with Gasteiger partial charge in [0.2, 0.25) is 0 Å². The SMILES string of the molecule is Cc1cc(C)c2nc(C3CC3)n(-c3ccc4c(c3C)CCc3ccccc3N4C(C)c3nn[nH]n3)c2n1. The normalized spacial score (nSPS) is 15.9. The van der Waals surface area contributed by atoms with Crippen LogP contribution in [0.25, 0.3) is 16.9 Å². The molecule has 0 amide bonds. The topological polar surface area (TPSA) is 88.4 Å². The van der Waals surface area contributed by atoms with Crippen molar-refractivity contribution in [2.24, 2.45) is 0 Å². The molecule has 3 aromatic heterocycles. The minimum absolute atomic E-state index is 0.0786. The van der Waals surface area contributed by atoms with Gasteiger partial charge in [-0.05, 0) is 99.9 Å². The van der Waals surface area contributed by atoms with E-state index in [1.54, 1.807) is 0 Å². The van der Waals surface area contributed by atoms with Crippen molar-refractivity contribution >= 4 is 22.5 Å². The van der Waals surface area contributed by atoms with Crippen molar-refractivity contribution in [2.75, 3.05) is 4.90 Å². The summed E-state index contributed by atoms with van der Waals surface area (Å²) < 4.78 is 2.34. The van der Waals surface area contributed by atoms with Gasteiger partial charge in [-0.25, -0.2) is 9.97 Å². The van der Waals surface area contributed by atoms with Crippen LogP contribution in [0, 0.1) is 20.8 Å². The van der Waals surface area contributed by atoms with Crippen LogP contribution < -0.4 is 4.90 Å². The average molecular weight is 491 g/mol. The number of nitrogens with one attached hydrogen (secondary N) is 1. The predicted octanol–water partition coefficient (Wildman–Crippen LogP) is 5.73. The predicted molar refractivity (Wildman–Crippen MR) is 144 cm³/mol. The summed E-state index contributed by atoms with van der Waals surface area (Å²) in [5.41, 5.74) is 11.7. The molecule has 8 heteroatoms. The molecular formula is C29H30N8. The highest BCUT2D eigenvalue weighted by Gasteiger charge is 2.33. The number of aryl methyl sites for hydroxylation is 3. The maximum absolute atomic E-state index is 5.14. The van der Waals surface area contributed by atoms with E-state index in [1.165, 1.54) is 52.2 Å². The number of rotatable bonds is 4. The summed E-state index contributed by atoms with van der Waals surface area (Å²) in [6, 6.07) is 15.2. The third-order valence-electron chi connectivity index (χ3n) is 7.97. The van der Waals surface area contributed by atoms with Gasteiger partial charge >= 0.3 is 0 Å². The largest absolute Gasteiger partial charge is 0.330 e. The van der Waals surface area contributed by atoms with Crippen molar-refractivity contribution in [3.8, 4) is 5.69 Å². The molecule has 1 atom stereocenters. The second-order valence-electron chi connectivity index (χ2n) is 10.5. The average Bonchev–Trinajstić information content (AvgIpc) is 3.49. The van der Waals surface area contributed by atoms with Crippen molar-refractivity contribution in [3.05, 3.63) is 82.1 Å². The number of hydrogen-bond acceptors (Lipinski definition) is 6. The zero-order valence-electron chi connectivity index (χ0n) is 21.7. The molecule has 1 saturated carbocycles. The molecule has 1 N–H and O–H groups in total. The van der Waals surface area contributed by atoms with Gasteiger partial charge < -0.3 is 4.90 Å². The molecule has 1 aliphatic heterocycles. The quantitative estimate of drug-likeness (QED) is 0.346. The van der Waals surface area contributed by atoms with E-state index >= 15 is 0 Å². The molecule has 37 heavy (non-hydrogen) atoms. The fourth-order valence-corrected chi connectivity index (χ4v) is 5.97. The maximum atomic E-state index is 5.14. The Labute approximate surface area is 215 Å². The highest BCUT2D eigenvalue weighted by molar-refractivity contribution is 5.80. The lowest BCUT2D eigenvalue weighted by atomic mass is 9.98. The fourth-order valence-electron chi connectivity index (χ4n) is 5.97. The summed E-state index contributed by atoms with van der Waals surface area (Å²) in [6.07, 6.45) is 4.31. The molecule has 1 aliphatic carbocycles. The van der Waals surface area contributed by atoms with Crippen LogP contribution in [0.1, 0.15) is 71.3 Å². The van der Waals surface area contributed by atoms with E-state index in [2.05, 4.69) is 100 Å². The molecule has 2 aliphatic rings. The molecule has 7 rings (SSSR count). The number of hydrogen-bond donors (Lipinski definition) is 1. The van der Waals surface area contributed by atoms with Crippen LogP contribution in [-0.2, 0) is 12.8 Å². The van der Waals surface area contributed by atoms with Gasteiger partial charge in [0.15, 0.2) is 11.5 Å². The Kier molecular flexibility index (Phi) is 4.93. The van der Waals surface area contributed by atoms with Crippen LogP contribution in [0.4, 0.5) is 11.4 Å². The number of fused-ring (bicyclic) bond motifs is 3. The second kappa shape index (κ2) is 8.23. The number of nitrogens with zero attached hydrogens (tertiary/aromatic N) is 7. The summed E-state index contributed by atoms with van der Waals surface area (Å²) in [7, 11) is 0. The maximum Gasteiger partial charge on any atom is 0.196 e. The minimum Gasteiger partial charge on any atom is -0.330 e. The third kappa shape index (κ3) is 3.46. The molecule has 0 bridgehead atoms. The third-order valence-corrected chi connectivity index (χ3v) is 7.97. The first kappa shape index (κ1) is 22.2. The molecule has 4 heterocycles. The van der Waals surface area contributed by atoms with Gasteiger partial charge in [-0.15, -0.1) is 10.2 Å². The highest BCUT2D eigenvalue weighted by atomic mass is 15.5. The Morgan fingerprint density at radius 1 is 0.946 bits per heavy atom. The van der Waals surface area contributed by atoms with Gasteiger partial charge in [0, 0.05) is 23.0 Å². The van der Waals surface area contributed by atoms with Gasteiger partial charge in [0.25, 0.3) is 0 Å². The molecule has 8 nitrogen and oxygen atoms in total. The number of imidazole rings is 1.